The van der Waals surface area contributed by atoms with Gasteiger partial charge in [0.25, 0.3) is 11.1 Å². The number of furan rings is 1. The van der Waals surface area contributed by atoms with Crippen molar-refractivity contribution in [1.82, 2.24) is 4.90 Å². The average molecular weight is 463 g/mol. The predicted octanol–water partition coefficient (Wildman–Crippen LogP) is 4.48. The Bertz CT molecular complexity index is 1080. The minimum atomic E-state index is -0.604. The molecule has 2 aromatic rings. The van der Waals surface area contributed by atoms with Crippen molar-refractivity contribution < 1.29 is 28.3 Å². The van der Waals surface area contributed by atoms with Crippen LogP contribution in [0.4, 0.5) is 10.5 Å². The first-order valence-electron chi connectivity index (χ1n) is 9.36. The standard InChI is InChI=1S/C21H19ClN2O6S/c1-3-8-29-20(27)15-9-13(5-7-16(15)22)23-18(25)11-24-19(26)17(31-21(24)28)10-14-6-4-12(2)30-14/h4-7,9-10H,3,8,11H2,1-2H3,(H,23,25)/b17-10+. The van der Waals surface area contributed by atoms with Crippen LogP contribution in [0.25, 0.3) is 6.08 Å². The van der Waals surface area contributed by atoms with Gasteiger partial charge in [0.05, 0.1) is 22.1 Å². The second-order valence-electron chi connectivity index (χ2n) is 6.59. The molecule has 3 amide bonds. The molecular weight excluding hydrogens is 444 g/mol. The third-order valence-electron chi connectivity index (χ3n) is 4.12. The van der Waals surface area contributed by atoms with Gasteiger partial charge in [-0.25, -0.2) is 4.79 Å². The van der Waals surface area contributed by atoms with Crippen LogP contribution in [0.2, 0.25) is 5.02 Å². The van der Waals surface area contributed by atoms with Gasteiger partial charge in [0.1, 0.15) is 18.1 Å². The number of amides is 3. The lowest BCUT2D eigenvalue weighted by molar-refractivity contribution is -0.127. The maximum atomic E-state index is 12.5. The third kappa shape index (κ3) is 5.56. The molecule has 0 bridgehead atoms. The number of hydrogen-bond donors (Lipinski definition) is 1. The number of nitrogens with zero attached hydrogens (tertiary/aromatic N) is 1. The summed E-state index contributed by atoms with van der Waals surface area (Å²) in [6, 6.07) is 7.75. The highest BCUT2D eigenvalue weighted by Gasteiger charge is 2.36. The van der Waals surface area contributed by atoms with Crippen LogP contribution in [0.15, 0.2) is 39.7 Å². The molecule has 1 fully saturated rings. The number of aryl methyl sites for hydroxylation is 1. The zero-order chi connectivity index (χ0) is 22.5. The van der Waals surface area contributed by atoms with E-state index in [0.717, 1.165) is 16.7 Å². The molecule has 31 heavy (non-hydrogen) atoms. The summed E-state index contributed by atoms with van der Waals surface area (Å²) in [6.07, 6.45) is 2.12. The van der Waals surface area contributed by atoms with Crippen molar-refractivity contribution in [3.8, 4) is 0 Å². The average Bonchev–Trinajstić information content (AvgIpc) is 3.25. The first-order valence-corrected chi connectivity index (χ1v) is 10.6. The minimum absolute atomic E-state index is 0.107. The first-order chi connectivity index (χ1) is 14.8. The van der Waals surface area contributed by atoms with Gasteiger partial charge in [-0.05, 0) is 55.4 Å². The van der Waals surface area contributed by atoms with Crippen LogP contribution in [0.5, 0.6) is 0 Å². The van der Waals surface area contributed by atoms with Crippen molar-refractivity contribution >= 4 is 58.1 Å². The van der Waals surface area contributed by atoms with Crippen molar-refractivity contribution in [2.45, 2.75) is 20.3 Å². The summed E-state index contributed by atoms with van der Waals surface area (Å²) >= 11 is 6.77. The molecule has 0 radical (unpaired) electrons. The van der Waals surface area contributed by atoms with E-state index >= 15 is 0 Å². The molecule has 1 aromatic carbocycles. The molecule has 1 aliphatic rings. The Morgan fingerprint density at radius 3 is 2.71 bits per heavy atom. The topological polar surface area (TPSA) is 106 Å². The Morgan fingerprint density at radius 2 is 2.03 bits per heavy atom. The van der Waals surface area contributed by atoms with Crippen LogP contribution >= 0.6 is 23.4 Å². The third-order valence-corrected chi connectivity index (χ3v) is 5.35. The summed E-state index contributed by atoms with van der Waals surface area (Å²) in [5.74, 6) is -0.680. The number of hydrogen-bond acceptors (Lipinski definition) is 7. The molecule has 0 aliphatic carbocycles. The molecule has 0 atom stereocenters. The quantitative estimate of drug-likeness (QED) is 0.477. The van der Waals surface area contributed by atoms with Crippen molar-refractivity contribution in [1.29, 1.82) is 0 Å². The number of nitrogens with one attached hydrogen (secondary N) is 1. The number of rotatable bonds is 7. The van der Waals surface area contributed by atoms with Gasteiger partial charge < -0.3 is 14.5 Å². The van der Waals surface area contributed by atoms with Crippen molar-refractivity contribution in [2.24, 2.45) is 0 Å². The molecule has 0 unspecified atom stereocenters. The number of carbonyl (C=O) groups excluding carboxylic acids is 4. The van der Waals surface area contributed by atoms with Crippen LogP contribution in [-0.2, 0) is 14.3 Å². The number of ether oxygens (including phenoxy) is 1. The van der Waals surface area contributed by atoms with E-state index in [9.17, 15) is 19.2 Å². The van der Waals surface area contributed by atoms with Gasteiger partial charge >= 0.3 is 5.97 Å². The van der Waals surface area contributed by atoms with Crippen LogP contribution in [0.3, 0.4) is 0 Å². The Morgan fingerprint density at radius 1 is 1.26 bits per heavy atom. The molecule has 0 spiro atoms. The second-order valence-corrected chi connectivity index (χ2v) is 8.00. The fourth-order valence-electron chi connectivity index (χ4n) is 2.67. The number of esters is 1. The monoisotopic (exact) mass is 462 g/mol. The van der Waals surface area contributed by atoms with E-state index in [-0.39, 0.29) is 27.8 Å². The lowest BCUT2D eigenvalue weighted by Crippen LogP contribution is -2.36. The van der Waals surface area contributed by atoms with E-state index in [1.54, 1.807) is 19.1 Å². The normalized spacial score (nSPS) is 14.9. The Balaban J connectivity index is 1.67. The van der Waals surface area contributed by atoms with Gasteiger partial charge in [-0.1, -0.05) is 18.5 Å². The molecular formula is C21H19ClN2O6S. The van der Waals surface area contributed by atoms with Gasteiger partial charge in [-0.2, -0.15) is 0 Å². The molecule has 162 valence electrons. The van der Waals surface area contributed by atoms with Gasteiger partial charge in [0.15, 0.2) is 0 Å². The van der Waals surface area contributed by atoms with Crippen LogP contribution in [0, 0.1) is 6.92 Å². The van der Waals surface area contributed by atoms with Crippen molar-refractivity contribution in [3.63, 3.8) is 0 Å². The van der Waals surface area contributed by atoms with E-state index in [1.807, 2.05) is 6.92 Å². The maximum Gasteiger partial charge on any atom is 0.339 e. The number of thioether (sulfide) groups is 1. The van der Waals surface area contributed by atoms with E-state index in [2.05, 4.69) is 5.32 Å². The van der Waals surface area contributed by atoms with E-state index in [0.29, 0.717) is 17.9 Å². The summed E-state index contributed by atoms with van der Waals surface area (Å²) in [7, 11) is 0. The highest BCUT2D eigenvalue weighted by atomic mass is 35.5. The van der Waals surface area contributed by atoms with Gasteiger partial charge in [0.2, 0.25) is 5.91 Å². The molecule has 8 nitrogen and oxygen atoms in total. The predicted molar refractivity (Wildman–Crippen MR) is 117 cm³/mol. The number of benzene rings is 1. The Kier molecular flexibility index (Phi) is 7.19. The van der Waals surface area contributed by atoms with Crippen molar-refractivity contribution in [3.05, 3.63) is 57.3 Å². The molecule has 0 saturated carbocycles. The summed E-state index contributed by atoms with van der Waals surface area (Å²) < 4.78 is 10.5. The number of anilines is 1. The molecule has 2 heterocycles. The lowest BCUT2D eigenvalue weighted by atomic mass is 10.2. The highest BCUT2D eigenvalue weighted by Crippen LogP contribution is 2.32. The fourth-order valence-corrected chi connectivity index (χ4v) is 3.69. The van der Waals surface area contributed by atoms with Crippen LogP contribution < -0.4 is 5.32 Å². The van der Waals surface area contributed by atoms with E-state index in [1.165, 1.54) is 24.3 Å². The SMILES string of the molecule is CCCOC(=O)c1cc(NC(=O)CN2C(=O)S/C(=C/c3ccc(C)o3)C2=O)ccc1Cl. The molecule has 10 heteroatoms. The lowest BCUT2D eigenvalue weighted by Gasteiger charge is -2.13. The zero-order valence-corrected chi connectivity index (χ0v) is 18.3. The molecule has 1 saturated heterocycles. The molecule has 1 aliphatic heterocycles. The van der Waals surface area contributed by atoms with E-state index < -0.39 is 29.6 Å². The largest absolute Gasteiger partial charge is 0.462 e. The summed E-state index contributed by atoms with van der Waals surface area (Å²) in [5, 5.41) is 2.18. The van der Waals surface area contributed by atoms with E-state index in [4.69, 9.17) is 20.8 Å². The fraction of sp³-hybridized carbons (Fsp3) is 0.238. The van der Waals surface area contributed by atoms with Gasteiger partial charge in [-0.15, -0.1) is 0 Å². The van der Waals surface area contributed by atoms with Crippen molar-refractivity contribution in [2.75, 3.05) is 18.5 Å². The summed E-state index contributed by atoms with van der Waals surface area (Å²) in [6.45, 7) is 3.40. The zero-order valence-electron chi connectivity index (χ0n) is 16.8. The van der Waals surface area contributed by atoms with Gasteiger partial charge in [0, 0.05) is 11.8 Å². The summed E-state index contributed by atoms with van der Waals surface area (Å²) in [5.41, 5.74) is 0.391. The Labute approximate surface area is 187 Å². The number of carbonyl (C=O) groups is 4. The molecule has 1 aromatic heterocycles. The number of halogens is 1. The molecule has 3 rings (SSSR count). The van der Waals surface area contributed by atoms with Crippen LogP contribution in [0.1, 0.15) is 35.2 Å². The van der Waals surface area contributed by atoms with Gasteiger partial charge in [-0.3, -0.25) is 19.3 Å². The van der Waals surface area contributed by atoms with Crippen LogP contribution in [-0.4, -0.2) is 41.1 Å². The molecule has 1 N–H and O–H groups in total. The number of imide groups is 1. The second kappa shape index (κ2) is 9.84. The Hall–Kier alpha value is -3.04. The highest BCUT2D eigenvalue weighted by molar-refractivity contribution is 8.18. The minimum Gasteiger partial charge on any atom is -0.462 e. The maximum absolute atomic E-state index is 12.5. The first kappa shape index (κ1) is 22.6. The smallest absolute Gasteiger partial charge is 0.339 e. The summed E-state index contributed by atoms with van der Waals surface area (Å²) in [4.78, 5) is 50.2.